The molecule has 0 aliphatic carbocycles. The number of hydrogen-bond donors (Lipinski definition) is 0. The maximum absolute atomic E-state index is 4.69. The van der Waals surface area contributed by atoms with Gasteiger partial charge in [-0.15, -0.1) is 0 Å². The van der Waals surface area contributed by atoms with E-state index in [0.29, 0.717) is 0 Å². The van der Waals surface area contributed by atoms with Gasteiger partial charge in [0.1, 0.15) is 11.6 Å². The van der Waals surface area contributed by atoms with Crippen molar-refractivity contribution in [3.8, 4) is 11.4 Å². The van der Waals surface area contributed by atoms with Gasteiger partial charge in [-0.2, -0.15) is 0 Å². The van der Waals surface area contributed by atoms with E-state index in [9.17, 15) is 0 Å². The Morgan fingerprint density at radius 1 is 0.810 bits per heavy atom. The van der Waals surface area contributed by atoms with Crippen LogP contribution in [0.1, 0.15) is 53.2 Å². The Kier molecular flexibility index (Phi) is 4.20. The van der Waals surface area contributed by atoms with E-state index < -0.39 is 0 Å². The molecule has 2 rings (SSSR count). The zero-order valence-electron chi connectivity index (χ0n) is 13.5. The molecule has 0 aliphatic rings. The van der Waals surface area contributed by atoms with Crippen LogP contribution in [-0.4, -0.2) is 15.0 Å². The highest BCUT2D eigenvalue weighted by atomic mass is 79.9. The lowest BCUT2D eigenvalue weighted by atomic mass is 9.93. The Hall–Kier alpha value is -1.29. The van der Waals surface area contributed by atoms with Crippen molar-refractivity contribution in [3.05, 3.63) is 40.4 Å². The fraction of sp³-hybridized carbons (Fsp3) is 0.471. The Bertz CT molecular complexity index is 620. The molecule has 1 heterocycles. The molecule has 2 aromatic rings. The molecule has 0 spiro atoms. The summed E-state index contributed by atoms with van der Waals surface area (Å²) in [5.41, 5.74) is 0.788. The lowest BCUT2D eigenvalue weighted by molar-refractivity contribution is 0.497. The van der Waals surface area contributed by atoms with Gasteiger partial charge >= 0.3 is 0 Å². The minimum atomic E-state index is -0.107. The van der Waals surface area contributed by atoms with E-state index in [0.717, 1.165) is 27.5 Å². The first-order chi connectivity index (χ1) is 9.57. The summed E-state index contributed by atoms with van der Waals surface area (Å²) < 4.78 is 1.02. The van der Waals surface area contributed by atoms with Crippen LogP contribution >= 0.6 is 15.9 Å². The van der Waals surface area contributed by atoms with Gasteiger partial charge in [0, 0.05) is 20.9 Å². The number of rotatable bonds is 1. The predicted octanol–water partition coefficient (Wildman–Crippen LogP) is 4.90. The number of halogens is 1. The highest BCUT2D eigenvalue weighted by Crippen LogP contribution is 2.27. The minimum absolute atomic E-state index is 0.107. The lowest BCUT2D eigenvalue weighted by Gasteiger charge is -2.22. The van der Waals surface area contributed by atoms with Crippen molar-refractivity contribution in [3.63, 3.8) is 0 Å². The van der Waals surface area contributed by atoms with Gasteiger partial charge in [0.2, 0.25) is 0 Å². The second-order valence-corrected chi connectivity index (χ2v) is 8.23. The molecule has 0 atom stereocenters. The molecule has 0 fully saturated rings. The third kappa shape index (κ3) is 3.88. The van der Waals surface area contributed by atoms with E-state index in [4.69, 9.17) is 0 Å². The first-order valence-corrected chi connectivity index (χ1v) is 7.89. The maximum Gasteiger partial charge on any atom is 0.163 e. The van der Waals surface area contributed by atoms with Crippen molar-refractivity contribution in [2.24, 2.45) is 0 Å². The Morgan fingerprint density at radius 3 is 1.76 bits per heavy atom. The van der Waals surface area contributed by atoms with Crippen molar-refractivity contribution in [1.29, 1.82) is 0 Å². The fourth-order valence-corrected chi connectivity index (χ4v) is 2.20. The summed E-state index contributed by atoms with van der Waals surface area (Å²) in [4.78, 5) is 14.1. The molecule has 0 aliphatic heterocycles. The quantitative estimate of drug-likeness (QED) is 0.736. The van der Waals surface area contributed by atoms with E-state index in [1.54, 1.807) is 0 Å². The van der Waals surface area contributed by atoms with E-state index in [1.165, 1.54) is 0 Å². The van der Waals surface area contributed by atoms with Gasteiger partial charge < -0.3 is 0 Å². The van der Waals surface area contributed by atoms with Crippen molar-refractivity contribution < 1.29 is 0 Å². The number of nitrogens with zero attached hydrogens (tertiary/aromatic N) is 3. The van der Waals surface area contributed by atoms with Gasteiger partial charge in [-0.05, 0) is 12.1 Å². The number of hydrogen-bond acceptors (Lipinski definition) is 3. The minimum Gasteiger partial charge on any atom is -0.217 e. The second-order valence-electron chi connectivity index (χ2n) is 7.32. The van der Waals surface area contributed by atoms with E-state index in [1.807, 2.05) is 24.3 Å². The van der Waals surface area contributed by atoms with E-state index in [2.05, 4.69) is 72.4 Å². The van der Waals surface area contributed by atoms with Crippen molar-refractivity contribution in [1.82, 2.24) is 15.0 Å². The van der Waals surface area contributed by atoms with E-state index >= 15 is 0 Å². The SMILES string of the molecule is CC(C)(C)c1nc(-c2cccc(Br)c2)nc(C(C)(C)C)n1. The maximum atomic E-state index is 4.69. The van der Waals surface area contributed by atoms with Gasteiger partial charge in [0.05, 0.1) is 0 Å². The van der Waals surface area contributed by atoms with Crippen molar-refractivity contribution in [2.75, 3.05) is 0 Å². The summed E-state index contributed by atoms with van der Waals surface area (Å²) in [6.07, 6.45) is 0. The van der Waals surface area contributed by atoms with Crippen LogP contribution < -0.4 is 0 Å². The summed E-state index contributed by atoms with van der Waals surface area (Å²) in [7, 11) is 0. The van der Waals surface area contributed by atoms with Crippen LogP contribution in [0.4, 0.5) is 0 Å². The fourth-order valence-electron chi connectivity index (χ4n) is 1.80. The molecule has 112 valence electrons. The highest BCUT2D eigenvalue weighted by Gasteiger charge is 2.25. The van der Waals surface area contributed by atoms with Crippen LogP contribution in [0.3, 0.4) is 0 Å². The van der Waals surface area contributed by atoms with Crippen molar-refractivity contribution in [2.45, 2.75) is 52.4 Å². The molecule has 0 saturated carbocycles. The summed E-state index contributed by atoms with van der Waals surface area (Å²) in [6, 6.07) is 8.06. The lowest BCUT2D eigenvalue weighted by Crippen LogP contribution is -2.24. The molecular weight excluding hydrogens is 326 g/mol. The highest BCUT2D eigenvalue weighted by molar-refractivity contribution is 9.10. The summed E-state index contributed by atoms with van der Waals surface area (Å²) in [5, 5.41) is 0. The Balaban J connectivity index is 2.66. The summed E-state index contributed by atoms with van der Waals surface area (Å²) >= 11 is 3.50. The molecule has 0 N–H and O–H groups in total. The molecule has 0 bridgehead atoms. The van der Waals surface area contributed by atoms with Gasteiger partial charge in [0.25, 0.3) is 0 Å². The standard InChI is InChI=1S/C17H22BrN3/c1-16(2,3)14-19-13(11-8-7-9-12(18)10-11)20-15(21-14)17(4,5)6/h7-10H,1-6H3. The third-order valence-corrected chi connectivity index (χ3v) is 3.55. The Labute approximate surface area is 135 Å². The van der Waals surface area contributed by atoms with Gasteiger partial charge in [-0.1, -0.05) is 69.6 Å². The van der Waals surface area contributed by atoms with Crippen LogP contribution in [0.25, 0.3) is 11.4 Å². The molecule has 0 unspecified atom stereocenters. The van der Waals surface area contributed by atoms with E-state index in [-0.39, 0.29) is 10.8 Å². The molecular formula is C17H22BrN3. The molecule has 4 heteroatoms. The van der Waals surface area contributed by atoms with Gasteiger partial charge in [0.15, 0.2) is 5.82 Å². The largest absolute Gasteiger partial charge is 0.217 e. The summed E-state index contributed by atoms with van der Waals surface area (Å²) in [5.74, 6) is 2.40. The molecule has 3 nitrogen and oxygen atoms in total. The van der Waals surface area contributed by atoms with Crippen molar-refractivity contribution >= 4 is 15.9 Å². The Morgan fingerprint density at radius 2 is 1.33 bits per heavy atom. The molecule has 1 aromatic carbocycles. The average molecular weight is 348 g/mol. The van der Waals surface area contributed by atoms with Crippen LogP contribution in [0, 0.1) is 0 Å². The van der Waals surface area contributed by atoms with Crippen LogP contribution in [0.5, 0.6) is 0 Å². The van der Waals surface area contributed by atoms with Crippen LogP contribution in [-0.2, 0) is 10.8 Å². The smallest absolute Gasteiger partial charge is 0.163 e. The van der Waals surface area contributed by atoms with Gasteiger partial charge in [-0.25, -0.2) is 15.0 Å². The molecule has 21 heavy (non-hydrogen) atoms. The molecule has 0 amide bonds. The topological polar surface area (TPSA) is 38.7 Å². The predicted molar refractivity (Wildman–Crippen MR) is 90.4 cm³/mol. The monoisotopic (exact) mass is 347 g/mol. The molecule has 0 radical (unpaired) electrons. The van der Waals surface area contributed by atoms with Gasteiger partial charge in [-0.3, -0.25) is 0 Å². The molecule has 1 aromatic heterocycles. The third-order valence-electron chi connectivity index (χ3n) is 3.06. The second kappa shape index (κ2) is 5.48. The summed E-state index contributed by atoms with van der Waals surface area (Å²) in [6.45, 7) is 12.7. The number of aromatic nitrogens is 3. The first kappa shape index (κ1) is 16.1. The number of benzene rings is 1. The average Bonchev–Trinajstić information content (AvgIpc) is 2.36. The normalized spacial score (nSPS) is 12.5. The zero-order valence-corrected chi connectivity index (χ0v) is 15.1. The van der Waals surface area contributed by atoms with Crippen LogP contribution in [0.15, 0.2) is 28.7 Å². The molecule has 0 saturated heterocycles. The van der Waals surface area contributed by atoms with Crippen LogP contribution in [0.2, 0.25) is 0 Å². The first-order valence-electron chi connectivity index (χ1n) is 7.10. The zero-order chi connectivity index (χ0) is 15.8.